The van der Waals surface area contributed by atoms with E-state index in [2.05, 4.69) is 25.7 Å². The van der Waals surface area contributed by atoms with E-state index >= 15 is 0 Å². The number of carbonyl (C=O) groups excluding carboxylic acids is 1. The van der Waals surface area contributed by atoms with Crippen LogP contribution in [0.4, 0.5) is 5.69 Å². The van der Waals surface area contributed by atoms with E-state index in [1.54, 1.807) is 23.4 Å². The lowest BCUT2D eigenvalue weighted by atomic mass is 10.2. The van der Waals surface area contributed by atoms with E-state index in [4.69, 9.17) is 11.6 Å². The fourth-order valence-electron chi connectivity index (χ4n) is 1.14. The first-order valence-electron chi connectivity index (χ1n) is 4.73. The summed E-state index contributed by atoms with van der Waals surface area (Å²) in [7, 11) is 4.97. The van der Waals surface area contributed by atoms with Gasteiger partial charge in [-0.15, -0.1) is 0 Å². The summed E-state index contributed by atoms with van der Waals surface area (Å²) in [5, 5.41) is 0.387. The molecule has 1 rings (SSSR count). The van der Waals surface area contributed by atoms with Crippen LogP contribution in [0.3, 0.4) is 0 Å². The highest BCUT2D eigenvalue weighted by Gasteiger charge is 2.15. The van der Waals surface area contributed by atoms with Crippen LogP contribution in [0.15, 0.2) is 21.6 Å². The average molecular weight is 320 g/mol. The lowest BCUT2D eigenvalue weighted by molar-refractivity contribution is 0.0601. The van der Waals surface area contributed by atoms with Crippen molar-refractivity contribution in [3.63, 3.8) is 0 Å². The van der Waals surface area contributed by atoms with Gasteiger partial charge in [0, 0.05) is 18.6 Å². The van der Waals surface area contributed by atoms with Crippen molar-refractivity contribution >= 4 is 45.5 Å². The van der Waals surface area contributed by atoms with E-state index in [1.807, 2.05) is 14.1 Å². The molecular formula is C11H12BrClN2O2. The molecule has 0 aliphatic carbocycles. The molecule has 0 radical (unpaired) electrons. The number of carbonyl (C=O) groups is 1. The molecule has 4 nitrogen and oxygen atoms in total. The van der Waals surface area contributed by atoms with Crippen molar-refractivity contribution in [3.05, 3.63) is 27.2 Å². The van der Waals surface area contributed by atoms with Gasteiger partial charge in [-0.3, -0.25) is 0 Å². The topological polar surface area (TPSA) is 41.9 Å². The van der Waals surface area contributed by atoms with Crippen molar-refractivity contribution in [3.8, 4) is 0 Å². The maximum atomic E-state index is 11.6. The smallest absolute Gasteiger partial charge is 0.340 e. The van der Waals surface area contributed by atoms with Crippen LogP contribution in [0, 0.1) is 0 Å². The summed E-state index contributed by atoms with van der Waals surface area (Å²) >= 11 is 9.32. The number of methoxy groups -OCH3 is 1. The van der Waals surface area contributed by atoms with Crippen molar-refractivity contribution in [1.82, 2.24) is 4.90 Å². The molecule has 0 aromatic heterocycles. The van der Waals surface area contributed by atoms with Crippen LogP contribution >= 0.6 is 27.5 Å². The van der Waals surface area contributed by atoms with Gasteiger partial charge in [-0.1, -0.05) is 27.5 Å². The second kappa shape index (κ2) is 6.02. The molecule has 92 valence electrons. The highest BCUT2D eigenvalue weighted by atomic mass is 79.9. The molecule has 0 bridgehead atoms. The Kier molecular flexibility index (Phi) is 4.96. The molecule has 0 spiro atoms. The van der Waals surface area contributed by atoms with E-state index < -0.39 is 5.97 Å². The van der Waals surface area contributed by atoms with E-state index in [0.717, 1.165) is 0 Å². The van der Waals surface area contributed by atoms with Crippen LogP contribution in [-0.2, 0) is 4.74 Å². The molecule has 0 amide bonds. The van der Waals surface area contributed by atoms with Gasteiger partial charge in [0.15, 0.2) is 0 Å². The van der Waals surface area contributed by atoms with E-state index in [-0.39, 0.29) is 0 Å². The Labute approximate surface area is 113 Å². The lowest BCUT2D eigenvalue weighted by Gasteiger charge is -2.08. The van der Waals surface area contributed by atoms with Crippen LogP contribution in [0.25, 0.3) is 0 Å². The SMILES string of the molecule is COC(=O)c1cc(Br)cc(Cl)c1/N=C/N(C)C. The van der Waals surface area contributed by atoms with Gasteiger partial charge in [0.2, 0.25) is 0 Å². The standard InChI is InChI=1S/C11H12BrClN2O2/c1-15(2)6-14-10-8(11(16)17-3)4-7(12)5-9(10)13/h4-6H,1-3H3/b14-6+. The Balaban J connectivity index is 3.30. The third kappa shape index (κ3) is 3.71. The molecule has 0 N–H and O–H groups in total. The van der Waals surface area contributed by atoms with Gasteiger partial charge in [0.1, 0.15) is 0 Å². The Morgan fingerprint density at radius 3 is 2.71 bits per heavy atom. The van der Waals surface area contributed by atoms with Crippen molar-refractivity contribution in [2.24, 2.45) is 4.99 Å². The number of ether oxygens (including phenoxy) is 1. The summed E-state index contributed by atoms with van der Waals surface area (Å²) in [6.07, 6.45) is 1.57. The summed E-state index contributed by atoms with van der Waals surface area (Å²) in [6, 6.07) is 3.30. The predicted octanol–water partition coefficient (Wildman–Crippen LogP) is 3.11. The van der Waals surface area contributed by atoms with Gasteiger partial charge in [0.05, 0.1) is 29.7 Å². The third-order valence-electron chi connectivity index (χ3n) is 1.85. The normalized spacial score (nSPS) is 10.6. The minimum Gasteiger partial charge on any atom is -0.465 e. The molecule has 0 unspecified atom stereocenters. The number of benzene rings is 1. The molecule has 0 atom stereocenters. The van der Waals surface area contributed by atoms with Gasteiger partial charge in [-0.25, -0.2) is 9.79 Å². The monoisotopic (exact) mass is 318 g/mol. The molecule has 0 fully saturated rings. The number of rotatable bonds is 3. The van der Waals surface area contributed by atoms with Crippen LogP contribution in [0.5, 0.6) is 0 Å². The number of halogens is 2. The molecule has 0 saturated heterocycles. The number of esters is 1. The summed E-state index contributed by atoms with van der Waals surface area (Å²) in [5.41, 5.74) is 0.723. The Morgan fingerprint density at radius 1 is 1.53 bits per heavy atom. The highest BCUT2D eigenvalue weighted by Crippen LogP contribution is 2.33. The fourth-order valence-corrected chi connectivity index (χ4v) is 1.99. The van der Waals surface area contributed by atoms with Crippen LogP contribution in [-0.4, -0.2) is 38.4 Å². The average Bonchev–Trinajstić information content (AvgIpc) is 2.25. The van der Waals surface area contributed by atoms with Crippen LogP contribution in [0.2, 0.25) is 5.02 Å². The zero-order valence-electron chi connectivity index (χ0n) is 9.70. The first kappa shape index (κ1) is 14.0. The van der Waals surface area contributed by atoms with Gasteiger partial charge < -0.3 is 9.64 Å². The number of nitrogens with zero attached hydrogens (tertiary/aromatic N) is 2. The molecule has 0 saturated carbocycles. The summed E-state index contributed by atoms with van der Waals surface area (Å²) in [5.74, 6) is -0.473. The van der Waals surface area contributed by atoms with E-state index in [0.29, 0.717) is 20.7 Å². The first-order chi connectivity index (χ1) is 7.95. The van der Waals surface area contributed by atoms with Gasteiger partial charge >= 0.3 is 5.97 Å². The van der Waals surface area contributed by atoms with E-state index in [1.165, 1.54) is 7.11 Å². The Morgan fingerprint density at radius 2 is 2.18 bits per heavy atom. The maximum Gasteiger partial charge on any atom is 0.340 e. The Hall–Kier alpha value is -1.07. The van der Waals surface area contributed by atoms with Gasteiger partial charge in [-0.05, 0) is 12.1 Å². The first-order valence-corrected chi connectivity index (χ1v) is 5.90. The quantitative estimate of drug-likeness (QED) is 0.488. The largest absolute Gasteiger partial charge is 0.465 e. The van der Waals surface area contributed by atoms with Crippen molar-refractivity contribution in [2.75, 3.05) is 21.2 Å². The maximum absolute atomic E-state index is 11.6. The molecule has 1 aromatic carbocycles. The zero-order valence-corrected chi connectivity index (χ0v) is 12.0. The zero-order chi connectivity index (χ0) is 13.0. The summed E-state index contributed by atoms with van der Waals surface area (Å²) in [6.45, 7) is 0. The van der Waals surface area contributed by atoms with Crippen molar-refractivity contribution in [1.29, 1.82) is 0 Å². The summed E-state index contributed by atoms with van der Waals surface area (Å²) < 4.78 is 5.39. The van der Waals surface area contributed by atoms with Crippen molar-refractivity contribution in [2.45, 2.75) is 0 Å². The number of aliphatic imine (C=N–C) groups is 1. The molecule has 0 aliphatic rings. The van der Waals surface area contributed by atoms with Gasteiger partial charge in [0.25, 0.3) is 0 Å². The number of hydrogen-bond acceptors (Lipinski definition) is 3. The highest BCUT2D eigenvalue weighted by molar-refractivity contribution is 9.10. The van der Waals surface area contributed by atoms with Crippen LogP contribution in [0.1, 0.15) is 10.4 Å². The minimum atomic E-state index is -0.473. The minimum absolute atomic E-state index is 0.324. The fraction of sp³-hybridized carbons (Fsp3) is 0.273. The second-order valence-corrected chi connectivity index (χ2v) is 4.81. The second-order valence-electron chi connectivity index (χ2n) is 3.48. The van der Waals surface area contributed by atoms with Gasteiger partial charge in [-0.2, -0.15) is 0 Å². The molecule has 0 heterocycles. The predicted molar refractivity (Wildman–Crippen MR) is 72.3 cm³/mol. The van der Waals surface area contributed by atoms with E-state index in [9.17, 15) is 4.79 Å². The number of hydrogen-bond donors (Lipinski definition) is 0. The molecule has 1 aromatic rings. The Bertz CT molecular complexity index is 461. The van der Waals surface area contributed by atoms with Crippen molar-refractivity contribution < 1.29 is 9.53 Å². The summed E-state index contributed by atoms with van der Waals surface area (Å²) in [4.78, 5) is 17.5. The molecule has 17 heavy (non-hydrogen) atoms. The third-order valence-corrected chi connectivity index (χ3v) is 2.60. The molecule has 0 aliphatic heterocycles. The molecular weight excluding hydrogens is 307 g/mol. The van der Waals surface area contributed by atoms with Crippen LogP contribution < -0.4 is 0 Å². The lowest BCUT2D eigenvalue weighted by Crippen LogP contribution is -2.08. The molecule has 6 heteroatoms.